The monoisotopic (exact) mass is 335 g/mol. The van der Waals surface area contributed by atoms with Crippen molar-refractivity contribution in [2.75, 3.05) is 31.6 Å². The molecule has 8 heteroatoms. The number of thiazole rings is 1. The number of anilines is 2. The minimum absolute atomic E-state index is 0.527. The normalized spacial score (nSPS) is 10.8. The molecule has 0 aliphatic heterocycles. The van der Waals surface area contributed by atoms with Gasteiger partial charge >= 0.3 is 0 Å². The first-order valence-electron chi connectivity index (χ1n) is 7.53. The van der Waals surface area contributed by atoms with Gasteiger partial charge in [-0.2, -0.15) is 4.98 Å². The number of carbonyl (C=O) groups excluding carboxylic acids is 1. The van der Waals surface area contributed by atoms with E-state index < -0.39 is 0 Å². The number of rotatable bonds is 9. The molecule has 23 heavy (non-hydrogen) atoms. The maximum absolute atomic E-state index is 10.7. The third-order valence-electron chi connectivity index (χ3n) is 3.24. The third-order valence-corrected chi connectivity index (χ3v) is 4.08. The number of nitrogens with one attached hydrogen (secondary N) is 1. The number of aromatic nitrogens is 3. The topological polar surface area (TPSA) is 80.2 Å². The molecule has 2 aromatic rings. The standard InChI is InChI=1S/C15H21N5O2S/c1-4-20(5-2)6-7-22-14-8-13(17-11(3)18-14)19-15-16-9-12(10-21)23-15/h8-10H,4-7H2,1-3H3,(H,16,17,18,19). The molecule has 124 valence electrons. The van der Waals surface area contributed by atoms with Crippen molar-refractivity contribution in [3.05, 3.63) is 23.0 Å². The SMILES string of the molecule is CCN(CC)CCOc1cc(Nc2ncc(C=O)s2)nc(C)n1. The zero-order valence-corrected chi connectivity index (χ0v) is 14.4. The summed E-state index contributed by atoms with van der Waals surface area (Å²) in [6, 6.07) is 1.73. The van der Waals surface area contributed by atoms with Gasteiger partial charge in [0.25, 0.3) is 0 Å². The first-order valence-corrected chi connectivity index (χ1v) is 8.35. The van der Waals surface area contributed by atoms with Gasteiger partial charge in [0, 0.05) is 12.6 Å². The fourth-order valence-corrected chi connectivity index (χ4v) is 2.64. The quantitative estimate of drug-likeness (QED) is 0.705. The molecular weight excluding hydrogens is 314 g/mol. The summed E-state index contributed by atoms with van der Waals surface area (Å²) in [5.74, 6) is 1.74. The van der Waals surface area contributed by atoms with Gasteiger partial charge in [-0.25, -0.2) is 9.97 Å². The van der Waals surface area contributed by atoms with E-state index in [0.717, 1.165) is 25.9 Å². The fourth-order valence-electron chi connectivity index (χ4n) is 2.01. The van der Waals surface area contributed by atoms with Crippen LogP contribution in [0.25, 0.3) is 0 Å². The molecule has 0 saturated carbocycles. The van der Waals surface area contributed by atoms with Gasteiger partial charge in [0.15, 0.2) is 11.4 Å². The first-order chi connectivity index (χ1) is 11.1. The molecule has 0 radical (unpaired) electrons. The highest BCUT2D eigenvalue weighted by molar-refractivity contribution is 7.17. The molecule has 0 aromatic carbocycles. The first kappa shape index (κ1) is 17.3. The summed E-state index contributed by atoms with van der Waals surface area (Å²) in [5, 5.41) is 3.68. The molecule has 1 N–H and O–H groups in total. The number of ether oxygens (including phenoxy) is 1. The van der Waals surface area contributed by atoms with Crippen LogP contribution in [0.5, 0.6) is 5.88 Å². The van der Waals surface area contributed by atoms with Crippen LogP contribution in [-0.2, 0) is 0 Å². The molecule has 0 aliphatic carbocycles. The van der Waals surface area contributed by atoms with Gasteiger partial charge in [0.1, 0.15) is 18.2 Å². The van der Waals surface area contributed by atoms with Gasteiger partial charge in [-0.1, -0.05) is 25.2 Å². The second kappa shape index (κ2) is 8.54. The highest BCUT2D eigenvalue weighted by Gasteiger charge is 2.07. The average molecular weight is 335 g/mol. The smallest absolute Gasteiger partial charge is 0.218 e. The Kier molecular flexibility index (Phi) is 6.42. The Morgan fingerprint density at radius 1 is 1.35 bits per heavy atom. The molecule has 0 atom stereocenters. The van der Waals surface area contributed by atoms with Gasteiger partial charge in [0.05, 0.1) is 11.1 Å². The minimum Gasteiger partial charge on any atom is -0.476 e. The van der Waals surface area contributed by atoms with Crippen molar-refractivity contribution in [2.45, 2.75) is 20.8 Å². The van der Waals surface area contributed by atoms with E-state index in [0.29, 0.717) is 34.1 Å². The number of nitrogens with zero attached hydrogens (tertiary/aromatic N) is 4. The molecule has 0 amide bonds. The molecule has 2 rings (SSSR count). The number of hydrogen-bond acceptors (Lipinski definition) is 8. The summed E-state index contributed by atoms with van der Waals surface area (Å²) in [6.45, 7) is 9.49. The number of aldehydes is 1. The van der Waals surface area contributed by atoms with Crippen molar-refractivity contribution in [3.8, 4) is 5.88 Å². The maximum Gasteiger partial charge on any atom is 0.218 e. The lowest BCUT2D eigenvalue weighted by Gasteiger charge is -2.17. The molecule has 2 heterocycles. The summed E-state index contributed by atoms with van der Waals surface area (Å²) in [5.41, 5.74) is 0. The molecule has 0 unspecified atom stereocenters. The summed E-state index contributed by atoms with van der Waals surface area (Å²) < 4.78 is 5.72. The van der Waals surface area contributed by atoms with Gasteiger partial charge in [0.2, 0.25) is 5.88 Å². The molecule has 0 bridgehead atoms. The Morgan fingerprint density at radius 3 is 2.78 bits per heavy atom. The van der Waals surface area contributed by atoms with Gasteiger partial charge < -0.3 is 15.0 Å². The van der Waals surface area contributed by atoms with E-state index in [9.17, 15) is 4.79 Å². The average Bonchev–Trinajstić information content (AvgIpc) is 2.98. The molecular formula is C15H21N5O2S. The lowest BCUT2D eigenvalue weighted by Crippen LogP contribution is -2.28. The second-order valence-electron chi connectivity index (χ2n) is 4.82. The Morgan fingerprint density at radius 2 is 2.13 bits per heavy atom. The molecule has 0 saturated heterocycles. The van der Waals surface area contributed by atoms with E-state index in [1.807, 2.05) is 0 Å². The van der Waals surface area contributed by atoms with Crippen LogP contribution in [0.1, 0.15) is 29.3 Å². The highest BCUT2D eigenvalue weighted by atomic mass is 32.1. The zero-order chi connectivity index (χ0) is 16.7. The molecule has 0 spiro atoms. The number of aryl methyl sites for hydroxylation is 1. The van der Waals surface area contributed by atoms with Gasteiger partial charge in [-0.15, -0.1) is 0 Å². The van der Waals surface area contributed by atoms with E-state index in [-0.39, 0.29) is 0 Å². The second-order valence-corrected chi connectivity index (χ2v) is 5.89. The Hall–Kier alpha value is -2.06. The lowest BCUT2D eigenvalue weighted by atomic mass is 10.5. The van der Waals surface area contributed by atoms with E-state index in [1.165, 1.54) is 17.5 Å². The summed E-state index contributed by atoms with van der Waals surface area (Å²) in [7, 11) is 0. The van der Waals surface area contributed by atoms with Crippen molar-refractivity contribution in [2.24, 2.45) is 0 Å². The maximum atomic E-state index is 10.7. The van der Waals surface area contributed by atoms with Crippen molar-refractivity contribution in [1.29, 1.82) is 0 Å². The van der Waals surface area contributed by atoms with Crippen LogP contribution in [0.15, 0.2) is 12.3 Å². The minimum atomic E-state index is 0.527. The van der Waals surface area contributed by atoms with Crippen LogP contribution in [0, 0.1) is 6.92 Å². The van der Waals surface area contributed by atoms with Gasteiger partial charge in [-0.3, -0.25) is 4.79 Å². The van der Waals surface area contributed by atoms with Crippen molar-refractivity contribution in [1.82, 2.24) is 19.9 Å². The van der Waals surface area contributed by atoms with Crippen LogP contribution >= 0.6 is 11.3 Å². The van der Waals surface area contributed by atoms with Crippen LogP contribution in [0.3, 0.4) is 0 Å². The molecule has 0 fully saturated rings. The summed E-state index contributed by atoms with van der Waals surface area (Å²) in [4.78, 5) is 26.2. The molecule has 0 aliphatic rings. The van der Waals surface area contributed by atoms with Gasteiger partial charge in [-0.05, 0) is 20.0 Å². The van der Waals surface area contributed by atoms with Crippen molar-refractivity contribution < 1.29 is 9.53 Å². The summed E-state index contributed by atoms with van der Waals surface area (Å²) >= 11 is 1.27. The third kappa shape index (κ3) is 5.26. The molecule has 2 aromatic heterocycles. The van der Waals surface area contributed by atoms with Crippen molar-refractivity contribution >= 4 is 28.6 Å². The highest BCUT2D eigenvalue weighted by Crippen LogP contribution is 2.22. The Labute approximate surface area is 139 Å². The Bertz CT molecular complexity index is 643. The predicted octanol–water partition coefficient (Wildman–Crippen LogP) is 2.52. The number of carbonyl (C=O) groups is 1. The largest absolute Gasteiger partial charge is 0.476 e. The predicted molar refractivity (Wildman–Crippen MR) is 90.8 cm³/mol. The van der Waals surface area contributed by atoms with Crippen molar-refractivity contribution in [3.63, 3.8) is 0 Å². The van der Waals surface area contributed by atoms with E-state index in [4.69, 9.17) is 4.74 Å². The van der Waals surface area contributed by atoms with Crippen LogP contribution in [0.2, 0.25) is 0 Å². The lowest BCUT2D eigenvalue weighted by molar-refractivity contribution is 0.112. The van der Waals surface area contributed by atoms with Crippen LogP contribution in [-0.4, -0.2) is 52.4 Å². The van der Waals surface area contributed by atoms with E-state index in [1.54, 1.807) is 13.0 Å². The molecule has 7 nitrogen and oxygen atoms in total. The zero-order valence-electron chi connectivity index (χ0n) is 13.6. The summed E-state index contributed by atoms with van der Waals surface area (Å²) in [6.07, 6.45) is 2.30. The fraction of sp³-hybridized carbons (Fsp3) is 0.467. The number of likely N-dealkylation sites (N-methyl/N-ethyl adjacent to an activating group) is 1. The number of hydrogen-bond donors (Lipinski definition) is 1. The van der Waals surface area contributed by atoms with Crippen LogP contribution in [0.4, 0.5) is 10.9 Å². The van der Waals surface area contributed by atoms with Crippen LogP contribution < -0.4 is 10.1 Å². The Balaban J connectivity index is 1.99. The van der Waals surface area contributed by atoms with E-state index >= 15 is 0 Å². The van der Waals surface area contributed by atoms with E-state index in [2.05, 4.69) is 39.0 Å².